The third-order valence-electron chi connectivity index (χ3n) is 2.33. The van der Waals surface area contributed by atoms with Gasteiger partial charge in [-0.25, -0.2) is 9.18 Å². The number of carbonyl (C=O) groups is 1. The van der Waals surface area contributed by atoms with E-state index in [1.54, 1.807) is 24.3 Å². The van der Waals surface area contributed by atoms with Crippen LogP contribution in [-0.4, -0.2) is 13.1 Å². The topological polar surface area (TPSA) is 35.5 Å². The van der Waals surface area contributed by atoms with Gasteiger partial charge in [0.25, 0.3) is 0 Å². The number of benzene rings is 2. The summed E-state index contributed by atoms with van der Waals surface area (Å²) in [7, 11) is 1.48. The predicted octanol–water partition coefficient (Wildman–Crippen LogP) is 3.05. The van der Waals surface area contributed by atoms with E-state index in [1.807, 2.05) is 0 Å². The van der Waals surface area contributed by atoms with Gasteiger partial charge in [-0.2, -0.15) is 0 Å². The van der Waals surface area contributed by atoms with Crippen molar-refractivity contribution in [2.45, 2.75) is 0 Å². The average Bonchev–Trinajstić information content (AvgIpc) is 2.39. The van der Waals surface area contributed by atoms with E-state index in [1.165, 1.54) is 25.3 Å². The Morgan fingerprint density at radius 1 is 1.06 bits per heavy atom. The number of halogens is 1. The zero-order valence-electron chi connectivity index (χ0n) is 9.72. The second kappa shape index (κ2) is 5.31. The maximum Gasteiger partial charge on any atom is 0.343 e. The standard InChI is InChI=1S/C14H11FO3/c1-17-12-7-2-3-8-13(12)18-14(16)10-5-4-6-11(15)9-10/h2-9H,1H3. The van der Waals surface area contributed by atoms with Crippen LogP contribution >= 0.6 is 0 Å². The first-order valence-electron chi connectivity index (χ1n) is 5.31. The van der Waals surface area contributed by atoms with Gasteiger partial charge in [-0.3, -0.25) is 0 Å². The molecular weight excluding hydrogens is 235 g/mol. The van der Waals surface area contributed by atoms with Crippen molar-refractivity contribution in [1.82, 2.24) is 0 Å². The Balaban J connectivity index is 2.21. The van der Waals surface area contributed by atoms with Gasteiger partial charge in [-0.1, -0.05) is 18.2 Å². The van der Waals surface area contributed by atoms with Crippen LogP contribution in [0.2, 0.25) is 0 Å². The second-order valence-corrected chi connectivity index (χ2v) is 3.55. The van der Waals surface area contributed by atoms with Crippen molar-refractivity contribution in [1.29, 1.82) is 0 Å². The number of ether oxygens (including phenoxy) is 2. The summed E-state index contributed by atoms with van der Waals surface area (Å²) in [5.74, 6) is -0.361. The first kappa shape index (κ1) is 12.1. The lowest BCUT2D eigenvalue weighted by Gasteiger charge is -2.08. The van der Waals surface area contributed by atoms with Gasteiger partial charge in [-0.05, 0) is 30.3 Å². The molecule has 0 aliphatic carbocycles. The summed E-state index contributed by atoms with van der Waals surface area (Å²) < 4.78 is 23.2. The maximum absolute atomic E-state index is 13.0. The summed E-state index contributed by atoms with van der Waals surface area (Å²) in [5.41, 5.74) is 0.154. The first-order chi connectivity index (χ1) is 8.70. The molecule has 92 valence electrons. The summed E-state index contributed by atoms with van der Waals surface area (Å²) in [6.45, 7) is 0. The molecule has 0 saturated heterocycles. The van der Waals surface area contributed by atoms with E-state index in [0.29, 0.717) is 11.5 Å². The molecule has 0 fully saturated rings. The molecule has 0 aliphatic rings. The van der Waals surface area contributed by atoms with E-state index >= 15 is 0 Å². The molecule has 0 saturated carbocycles. The Kier molecular flexibility index (Phi) is 3.57. The zero-order chi connectivity index (χ0) is 13.0. The summed E-state index contributed by atoms with van der Waals surface area (Å²) in [6.07, 6.45) is 0. The average molecular weight is 246 g/mol. The highest BCUT2D eigenvalue weighted by Crippen LogP contribution is 2.26. The zero-order valence-corrected chi connectivity index (χ0v) is 9.72. The van der Waals surface area contributed by atoms with E-state index in [9.17, 15) is 9.18 Å². The molecule has 0 aliphatic heterocycles. The minimum absolute atomic E-state index is 0.154. The monoisotopic (exact) mass is 246 g/mol. The van der Waals surface area contributed by atoms with E-state index in [0.717, 1.165) is 6.07 Å². The van der Waals surface area contributed by atoms with Crippen molar-refractivity contribution >= 4 is 5.97 Å². The van der Waals surface area contributed by atoms with Gasteiger partial charge in [0, 0.05) is 0 Å². The van der Waals surface area contributed by atoms with Crippen LogP contribution in [0.3, 0.4) is 0 Å². The Morgan fingerprint density at radius 2 is 1.78 bits per heavy atom. The van der Waals surface area contributed by atoms with Crippen LogP contribution in [0, 0.1) is 5.82 Å². The predicted molar refractivity (Wildman–Crippen MR) is 64.4 cm³/mol. The largest absolute Gasteiger partial charge is 0.493 e. The number of hydrogen-bond acceptors (Lipinski definition) is 3. The molecule has 3 nitrogen and oxygen atoms in total. The lowest BCUT2D eigenvalue weighted by atomic mass is 10.2. The molecule has 0 unspecified atom stereocenters. The highest BCUT2D eigenvalue weighted by atomic mass is 19.1. The van der Waals surface area contributed by atoms with E-state index in [-0.39, 0.29) is 5.56 Å². The smallest absolute Gasteiger partial charge is 0.343 e. The van der Waals surface area contributed by atoms with Crippen LogP contribution in [0.25, 0.3) is 0 Å². The molecule has 2 aromatic rings. The molecule has 0 aromatic heterocycles. The fourth-order valence-electron chi connectivity index (χ4n) is 1.48. The van der Waals surface area contributed by atoms with Crippen molar-refractivity contribution in [3.63, 3.8) is 0 Å². The van der Waals surface area contributed by atoms with E-state index in [2.05, 4.69) is 0 Å². The molecule has 2 rings (SSSR count). The Morgan fingerprint density at radius 3 is 2.44 bits per heavy atom. The molecular formula is C14H11FO3. The second-order valence-electron chi connectivity index (χ2n) is 3.55. The van der Waals surface area contributed by atoms with Crippen molar-refractivity contribution < 1.29 is 18.7 Å². The van der Waals surface area contributed by atoms with Crippen molar-refractivity contribution in [3.8, 4) is 11.5 Å². The quantitative estimate of drug-likeness (QED) is 0.616. The molecule has 0 N–H and O–H groups in total. The Labute approximate surface area is 104 Å². The first-order valence-corrected chi connectivity index (χ1v) is 5.31. The lowest BCUT2D eigenvalue weighted by molar-refractivity contribution is 0.0729. The van der Waals surface area contributed by atoms with Gasteiger partial charge in [-0.15, -0.1) is 0 Å². The lowest BCUT2D eigenvalue weighted by Crippen LogP contribution is -2.09. The van der Waals surface area contributed by atoms with Crippen molar-refractivity contribution in [2.24, 2.45) is 0 Å². The molecule has 0 spiro atoms. The number of hydrogen-bond donors (Lipinski definition) is 0. The summed E-state index contributed by atoms with van der Waals surface area (Å²) in [5, 5.41) is 0. The highest BCUT2D eigenvalue weighted by Gasteiger charge is 2.12. The summed E-state index contributed by atoms with van der Waals surface area (Å²) in [4.78, 5) is 11.8. The number of carbonyl (C=O) groups excluding carboxylic acids is 1. The number of esters is 1. The van der Waals surface area contributed by atoms with Gasteiger partial charge in [0.1, 0.15) is 5.82 Å². The number of para-hydroxylation sites is 2. The van der Waals surface area contributed by atoms with Crippen molar-refractivity contribution in [2.75, 3.05) is 7.11 Å². The van der Waals surface area contributed by atoms with E-state index in [4.69, 9.17) is 9.47 Å². The molecule has 0 amide bonds. The van der Waals surface area contributed by atoms with E-state index < -0.39 is 11.8 Å². The van der Waals surface area contributed by atoms with Gasteiger partial charge in [0.05, 0.1) is 12.7 Å². The summed E-state index contributed by atoms with van der Waals surface area (Å²) in [6, 6.07) is 12.1. The number of rotatable bonds is 3. The van der Waals surface area contributed by atoms with Crippen LogP contribution in [-0.2, 0) is 0 Å². The molecule has 0 radical (unpaired) electrons. The summed E-state index contributed by atoms with van der Waals surface area (Å²) >= 11 is 0. The fraction of sp³-hybridized carbons (Fsp3) is 0.0714. The van der Waals surface area contributed by atoms with Gasteiger partial charge in [0.2, 0.25) is 0 Å². The molecule has 0 atom stereocenters. The maximum atomic E-state index is 13.0. The molecule has 2 aromatic carbocycles. The minimum Gasteiger partial charge on any atom is -0.493 e. The van der Waals surface area contributed by atoms with Crippen LogP contribution < -0.4 is 9.47 Å². The highest BCUT2D eigenvalue weighted by molar-refractivity contribution is 5.91. The fourth-order valence-corrected chi connectivity index (χ4v) is 1.48. The number of methoxy groups -OCH3 is 1. The molecule has 0 bridgehead atoms. The SMILES string of the molecule is COc1ccccc1OC(=O)c1cccc(F)c1. The Bertz CT molecular complexity index is 566. The van der Waals surface area contributed by atoms with Gasteiger partial charge >= 0.3 is 5.97 Å². The van der Waals surface area contributed by atoms with Crippen LogP contribution in [0.4, 0.5) is 4.39 Å². The van der Waals surface area contributed by atoms with Gasteiger partial charge in [0.15, 0.2) is 11.5 Å². The van der Waals surface area contributed by atoms with Crippen molar-refractivity contribution in [3.05, 3.63) is 59.9 Å². The van der Waals surface area contributed by atoms with Crippen LogP contribution in [0.1, 0.15) is 10.4 Å². The van der Waals surface area contributed by atoms with Gasteiger partial charge < -0.3 is 9.47 Å². The third-order valence-corrected chi connectivity index (χ3v) is 2.33. The molecule has 0 heterocycles. The minimum atomic E-state index is -0.626. The van der Waals surface area contributed by atoms with Crippen LogP contribution in [0.15, 0.2) is 48.5 Å². The third kappa shape index (κ3) is 2.66. The normalized spacial score (nSPS) is 9.89. The van der Waals surface area contributed by atoms with Crippen LogP contribution in [0.5, 0.6) is 11.5 Å². The Hall–Kier alpha value is -2.36. The molecule has 4 heteroatoms. The molecule has 18 heavy (non-hydrogen) atoms.